The van der Waals surface area contributed by atoms with Gasteiger partial charge in [-0.2, -0.15) is 0 Å². The maximum atomic E-state index is 5.73. The number of rotatable bonds is 5. The number of aliphatic imine (C=N–C) groups is 1. The van der Waals surface area contributed by atoms with Crippen molar-refractivity contribution < 1.29 is 9.47 Å². The van der Waals surface area contributed by atoms with E-state index >= 15 is 0 Å². The Balaban J connectivity index is 1.49. The van der Waals surface area contributed by atoms with Gasteiger partial charge in [0.2, 0.25) is 0 Å². The summed E-state index contributed by atoms with van der Waals surface area (Å²) >= 11 is 0. The first-order valence-corrected chi connectivity index (χ1v) is 8.29. The van der Waals surface area contributed by atoms with Gasteiger partial charge in [0, 0.05) is 45.5 Å². The first kappa shape index (κ1) is 16.2. The molecule has 3 rings (SSSR count). The molecule has 2 N–H and O–H groups in total. The monoisotopic (exact) mass is 328 g/mol. The molecule has 0 atom stereocenters. The Morgan fingerprint density at radius 3 is 2.71 bits per heavy atom. The van der Waals surface area contributed by atoms with Gasteiger partial charge in [-0.3, -0.25) is 4.99 Å². The number of guanidine groups is 1. The van der Waals surface area contributed by atoms with Crippen LogP contribution in [0.3, 0.4) is 0 Å². The van der Waals surface area contributed by atoms with Crippen molar-refractivity contribution in [2.45, 2.75) is 19.5 Å². The summed E-state index contributed by atoms with van der Waals surface area (Å²) < 4.78 is 13.5. The van der Waals surface area contributed by atoms with Crippen molar-refractivity contribution in [1.82, 2.24) is 15.2 Å². The first-order valence-electron chi connectivity index (χ1n) is 8.29. The summed E-state index contributed by atoms with van der Waals surface area (Å²) in [6.45, 7) is 3.81. The number of ether oxygens (including phenoxy) is 2. The number of benzene rings is 1. The number of aromatic nitrogens is 1. The summed E-state index contributed by atoms with van der Waals surface area (Å²) in [5.74, 6) is 2.43. The van der Waals surface area contributed by atoms with Gasteiger partial charge in [0.15, 0.2) is 17.5 Å². The second-order valence-electron chi connectivity index (χ2n) is 5.60. The zero-order valence-electron chi connectivity index (χ0n) is 14.0. The van der Waals surface area contributed by atoms with Gasteiger partial charge in [-0.1, -0.05) is 6.07 Å². The van der Waals surface area contributed by atoms with Gasteiger partial charge in [-0.15, -0.1) is 0 Å². The summed E-state index contributed by atoms with van der Waals surface area (Å²) in [7, 11) is 1.78. The molecule has 1 aromatic heterocycles. The Kier molecular flexibility index (Phi) is 5.61. The largest absolute Gasteiger partial charge is 0.490 e. The minimum atomic E-state index is 0.680. The average Bonchev–Trinajstić information content (AvgIpc) is 3.01. The van der Waals surface area contributed by atoms with E-state index in [1.807, 2.05) is 30.3 Å². The highest BCUT2D eigenvalue weighted by atomic mass is 16.5. The summed E-state index contributed by atoms with van der Waals surface area (Å²) in [5.41, 5.74) is 1.13. The average molecular weight is 328 g/mol. The lowest BCUT2D eigenvalue weighted by Gasteiger charge is -2.13. The van der Waals surface area contributed by atoms with E-state index in [1.54, 1.807) is 7.05 Å². The number of fused-ring (bicyclic) bond motifs is 1. The minimum absolute atomic E-state index is 0.680. The Bertz CT molecular complexity index is 668. The van der Waals surface area contributed by atoms with Crippen LogP contribution in [0, 0.1) is 0 Å². The topological polar surface area (TPSA) is 59.8 Å². The van der Waals surface area contributed by atoms with E-state index in [9.17, 15) is 0 Å². The molecule has 1 aliphatic heterocycles. The molecule has 0 aliphatic carbocycles. The number of nitrogens with one attached hydrogen (secondary N) is 2. The van der Waals surface area contributed by atoms with Crippen LogP contribution in [0.15, 0.2) is 47.7 Å². The van der Waals surface area contributed by atoms with Crippen molar-refractivity contribution in [1.29, 1.82) is 0 Å². The predicted octanol–water partition coefficient (Wildman–Crippen LogP) is 2.01. The maximum absolute atomic E-state index is 5.73. The van der Waals surface area contributed by atoms with Crippen molar-refractivity contribution in [3.63, 3.8) is 0 Å². The lowest BCUT2D eigenvalue weighted by Crippen LogP contribution is -2.38. The molecule has 0 radical (unpaired) electrons. The third-order valence-electron chi connectivity index (χ3n) is 3.82. The third-order valence-corrected chi connectivity index (χ3v) is 3.82. The fraction of sp³-hybridized carbons (Fsp3) is 0.389. The molecule has 0 spiro atoms. The number of nitrogens with zero attached hydrogens (tertiary/aromatic N) is 2. The van der Waals surface area contributed by atoms with Gasteiger partial charge in [0.25, 0.3) is 0 Å². The van der Waals surface area contributed by atoms with Gasteiger partial charge >= 0.3 is 0 Å². The van der Waals surface area contributed by atoms with E-state index in [1.165, 1.54) is 0 Å². The molecule has 1 aliphatic rings. The molecule has 0 bridgehead atoms. The molecular formula is C18H24N4O2. The van der Waals surface area contributed by atoms with E-state index in [0.717, 1.165) is 42.5 Å². The molecule has 24 heavy (non-hydrogen) atoms. The third kappa shape index (κ3) is 4.44. The molecule has 1 aromatic carbocycles. The first-order chi connectivity index (χ1) is 11.8. The van der Waals surface area contributed by atoms with Gasteiger partial charge in [0.1, 0.15) is 0 Å². The van der Waals surface area contributed by atoms with Gasteiger partial charge in [0.05, 0.1) is 13.2 Å². The molecule has 2 aromatic rings. The number of hydrogen-bond acceptors (Lipinski definition) is 3. The molecule has 0 fully saturated rings. The van der Waals surface area contributed by atoms with Crippen LogP contribution >= 0.6 is 0 Å². The van der Waals surface area contributed by atoms with Crippen molar-refractivity contribution in [3.05, 3.63) is 48.3 Å². The molecule has 0 unspecified atom stereocenters. The van der Waals surface area contributed by atoms with Crippen LogP contribution in [0.2, 0.25) is 0 Å². The van der Waals surface area contributed by atoms with Crippen molar-refractivity contribution in [2.75, 3.05) is 26.8 Å². The molecule has 0 amide bonds. The molecule has 128 valence electrons. The van der Waals surface area contributed by atoms with Gasteiger partial charge in [-0.05, 0) is 29.8 Å². The van der Waals surface area contributed by atoms with E-state index in [0.29, 0.717) is 19.8 Å². The van der Waals surface area contributed by atoms with Crippen LogP contribution in [0.4, 0.5) is 0 Å². The SMILES string of the molecule is CN=C(NCCn1cccc1)NCc1ccc2c(c1)OCCCO2. The summed E-state index contributed by atoms with van der Waals surface area (Å²) in [6.07, 6.45) is 5.02. The van der Waals surface area contributed by atoms with E-state index in [-0.39, 0.29) is 0 Å². The van der Waals surface area contributed by atoms with Crippen LogP contribution in [0.5, 0.6) is 11.5 Å². The zero-order valence-corrected chi connectivity index (χ0v) is 14.0. The van der Waals surface area contributed by atoms with Crippen LogP contribution in [-0.2, 0) is 13.1 Å². The fourth-order valence-corrected chi connectivity index (χ4v) is 2.55. The highest BCUT2D eigenvalue weighted by molar-refractivity contribution is 5.79. The molecule has 6 nitrogen and oxygen atoms in total. The summed E-state index contributed by atoms with van der Waals surface area (Å²) in [5, 5.41) is 6.63. The van der Waals surface area contributed by atoms with Crippen LogP contribution in [-0.4, -0.2) is 37.3 Å². The maximum Gasteiger partial charge on any atom is 0.191 e. The highest BCUT2D eigenvalue weighted by Gasteiger charge is 2.10. The zero-order chi connectivity index (χ0) is 16.6. The molecular weight excluding hydrogens is 304 g/mol. The number of hydrogen-bond donors (Lipinski definition) is 2. The highest BCUT2D eigenvalue weighted by Crippen LogP contribution is 2.30. The summed E-state index contributed by atoms with van der Waals surface area (Å²) in [4.78, 5) is 4.25. The molecule has 0 saturated carbocycles. The normalized spacial score (nSPS) is 14.1. The Morgan fingerprint density at radius 2 is 1.92 bits per heavy atom. The van der Waals surface area contributed by atoms with E-state index < -0.39 is 0 Å². The lowest BCUT2D eigenvalue weighted by molar-refractivity contribution is 0.297. The molecule has 0 saturated heterocycles. The van der Waals surface area contributed by atoms with Gasteiger partial charge < -0.3 is 24.7 Å². The van der Waals surface area contributed by atoms with Crippen molar-refractivity contribution >= 4 is 5.96 Å². The van der Waals surface area contributed by atoms with Crippen LogP contribution in [0.1, 0.15) is 12.0 Å². The second kappa shape index (κ2) is 8.29. The second-order valence-corrected chi connectivity index (χ2v) is 5.60. The fourth-order valence-electron chi connectivity index (χ4n) is 2.55. The molecule has 6 heteroatoms. The summed E-state index contributed by atoms with van der Waals surface area (Å²) in [6, 6.07) is 10.1. The van der Waals surface area contributed by atoms with Crippen LogP contribution < -0.4 is 20.1 Å². The van der Waals surface area contributed by atoms with E-state index in [4.69, 9.17) is 9.47 Å². The van der Waals surface area contributed by atoms with Crippen molar-refractivity contribution in [3.8, 4) is 11.5 Å². The minimum Gasteiger partial charge on any atom is -0.490 e. The Hall–Kier alpha value is -2.63. The van der Waals surface area contributed by atoms with E-state index in [2.05, 4.69) is 32.6 Å². The van der Waals surface area contributed by atoms with Crippen molar-refractivity contribution in [2.24, 2.45) is 4.99 Å². The lowest BCUT2D eigenvalue weighted by atomic mass is 10.2. The molecule has 2 heterocycles. The predicted molar refractivity (Wildman–Crippen MR) is 94.7 cm³/mol. The standard InChI is InChI=1S/C18H24N4O2/c1-19-18(20-7-10-22-8-2-3-9-22)21-14-15-5-6-16-17(13-15)24-12-4-11-23-16/h2-3,5-6,8-9,13H,4,7,10-12,14H2,1H3,(H2,19,20,21). The Labute approximate surface area is 142 Å². The smallest absolute Gasteiger partial charge is 0.191 e. The Morgan fingerprint density at radius 1 is 1.12 bits per heavy atom. The van der Waals surface area contributed by atoms with Crippen LogP contribution in [0.25, 0.3) is 0 Å². The quantitative estimate of drug-likeness (QED) is 0.651. The van der Waals surface area contributed by atoms with Gasteiger partial charge in [-0.25, -0.2) is 0 Å².